The van der Waals surface area contributed by atoms with Gasteiger partial charge >= 0.3 is 0 Å². The van der Waals surface area contributed by atoms with Crippen LogP contribution in [0.4, 0.5) is 11.4 Å². The van der Waals surface area contributed by atoms with E-state index in [-0.39, 0.29) is 11.6 Å². The first kappa shape index (κ1) is 28.7. The van der Waals surface area contributed by atoms with Crippen LogP contribution in [0.3, 0.4) is 0 Å². The number of aromatic amines is 1. The number of rotatable bonds is 9. The van der Waals surface area contributed by atoms with Gasteiger partial charge in [0.15, 0.2) is 0 Å². The summed E-state index contributed by atoms with van der Waals surface area (Å²) in [6, 6.07) is 17.8. The van der Waals surface area contributed by atoms with Gasteiger partial charge < -0.3 is 29.6 Å². The summed E-state index contributed by atoms with van der Waals surface area (Å²) in [5.74, 6) is 0. The van der Waals surface area contributed by atoms with Crippen molar-refractivity contribution in [3.63, 3.8) is 0 Å². The maximum atomic E-state index is 12.7. The third kappa shape index (κ3) is 6.81. The van der Waals surface area contributed by atoms with E-state index in [9.17, 15) is 4.79 Å². The lowest BCUT2D eigenvalue weighted by molar-refractivity contribution is 0.122. The molecule has 1 aliphatic carbocycles. The van der Waals surface area contributed by atoms with Gasteiger partial charge in [0.1, 0.15) is 0 Å². The predicted octanol–water partition coefficient (Wildman–Crippen LogP) is 6.19. The molecule has 2 aliphatic heterocycles. The Labute approximate surface area is 251 Å². The first-order valence-electron chi connectivity index (χ1n) is 14.7. The molecule has 1 saturated heterocycles. The number of nitrogens with zero attached hydrogens (tertiary/aromatic N) is 2. The molecule has 7 nitrogen and oxygen atoms in total. The fraction of sp³-hybridized carbons (Fsp3) is 0.469. The molecule has 0 amide bonds. The summed E-state index contributed by atoms with van der Waals surface area (Å²) in [6.07, 6.45) is 6.66. The molecular formula is C32H40N4O3S2. The molecule has 0 spiro atoms. The number of morpholine rings is 1. The number of fused-ring (bicyclic) bond motifs is 2. The second kappa shape index (κ2) is 13.3. The molecule has 2 N–H and O–H groups in total. The summed E-state index contributed by atoms with van der Waals surface area (Å²) < 4.78 is 11.1. The van der Waals surface area contributed by atoms with Crippen LogP contribution >= 0.6 is 23.5 Å². The highest BCUT2D eigenvalue weighted by Gasteiger charge is 2.24. The second-order valence-corrected chi connectivity index (χ2v) is 13.4. The number of ether oxygens (including phenoxy) is 2. The van der Waals surface area contributed by atoms with E-state index in [0.717, 1.165) is 42.3 Å². The first-order chi connectivity index (χ1) is 20.1. The summed E-state index contributed by atoms with van der Waals surface area (Å²) in [5, 5.41) is 3.76. The number of anilines is 2. The molecule has 0 bridgehead atoms. The topological polar surface area (TPSA) is 69.8 Å². The normalized spacial score (nSPS) is 18.2. The van der Waals surface area contributed by atoms with E-state index in [1.807, 2.05) is 0 Å². The van der Waals surface area contributed by atoms with E-state index >= 15 is 0 Å². The van der Waals surface area contributed by atoms with Gasteiger partial charge in [-0.1, -0.05) is 54.9 Å². The van der Waals surface area contributed by atoms with Crippen molar-refractivity contribution >= 4 is 34.9 Å². The van der Waals surface area contributed by atoms with E-state index in [1.165, 1.54) is 51.7 Å². The zero-order valence-corrected chi connectivity index (χ0v) is 25.6. The second-order valence-electron chi connectivity index (χ2n) is 11.2. The van der Waals surface area contributed by atoms with Crippen LogP contribution < -0.4 is 15.8 Å². The van der Waals surface area contributed by atoms with Gasteiger partial charge in [0, 0.05) is 75.4 Å². The Morgan fingerprint density at radius 3 is 2.68 bits per heavy atom. The molecule has 2 fully saturated rings. The zero-order chi connectivity index (χ0) is 28.2. The Hall–Kier alpha value is -2.43. The number of nitrogens with one attached hydrogen (secondary N) is 2. The maximum absolute atomic E-state index is 12.7. The van der Waals surface area contributed by atoms with Crippen LogP contribution in [0.2, 0.25) is 0 Å². The molecule has 1 atom stereocenters. The lowest BCUT2D eigenvalue weighted by Crippen LogP contribution is -2.43. The van der Waals surface area contributed by atoms with Crippen LogP contribution in [-0.4, -0.2) is 75.6 Å². The first-order valence-corrected chi connectivity index (χ1v) is 16.4. The van der Waals surface area contributed by atoms with Crippen molar-refractivity contribution in [2.24, 2.45) is 0 Å². The zero-order valence-electron chi connectivity index (χ0n) is 24.0. The highest BCUT2D eigenvalue weighted by molar-refractivity contribution is 8.05. The third-order valence-electron chi connectivity index (χ3n) is 8.30. The number of H-pyrrole nitrogens is 1. The van der Waals surface area contributed by atoms with Crippen molar-refractivity contribution in [3.05, 3.63) is 58.9 Å². The summed E-state index contributed by atoms with van der Waals surface area (Å²) in [7, 11) is 4.05. The van der Waals surface area contributed by atoms with Crippen LogP contribution in [0.1, 0.15) is 32.1 Å². The minimum atomic E-state index is -0.0779. The van der Waals surface area contributed by atoms with Crippen LogP contribution in [0, 0.1) is 0 Å². The monoisotopic (exact) mass is 592 g/mol. The predicted molar refractivity (Wildman–Crippen MR) is 169 cm³/mol. The molecule has 3 aliphatic rings. The van der Waals surface area contributed by atoms with Crippen LogP contribution in [0.25, 0.3) is 11.3 Å². The average Bonchev–Trinajstić information content (AvgIpc) is 3.00. The van der Waals surface area contributed by atoms with Gasteiger partial charge in [0.05, 0.1) is 31.6 Å². The van der Waals surface area contributed by atoms with Crippen molar-refractivity contribution in [1.82, 2.24) is 9.88 Å². The highest BCUT2D eigenvalue weighted by atomic mass is 32.2. The summed E-state index contributed by atoms with van der Waals surface area (Å²) in [5.41, 5.74) is 3.92. The van der Waals surface area contributed by atoms with Crippen LogP contribution in [-0.2, 0) is 9.47 Å². The van der Waals surface area contributed by atoms with Gasteiger partial charge in [-0.2, -0.15) is 0 Å². The van der Waals surface area contributed by atoms with Gasteiger partial charge in [-0.05, 0) is 50.2 Å². The Kier molecular flexibility index (Phi) is 9.27. The molecule has 2 aromatic carbocycles. The van der Waals surface area contributed by atoms with Gasteiger partial charge in [-0.3, -0.25) is 4.79 Å². The third-order valence-corrected chi connectivity index (χ3v) is 10.9. The number of methoxy groups -OCH3 is 1. The van der Waals surface area contributed by atoms with E-state index < -0.39 is 0 Å². The molecule has 9 heteroatoms. The molecule has 0 radical (unpaired) electrons. The van der Waals surface area contributed by atoms with Crippen molar-refractivity contribution < 1.29 is 9.47 Å². The number of benzene rings is 2. The summed E-state index contributed by atoms with van der Waals surface area (Å²) in [4.78, 5) is 25.4. The van der Waals surface area contributed by atoms with E-state index in [2.05, 4.69) is 69.6 Å². The van der Waals surface area contributed by atoms with E-state index in [0.29, 0.717) is 25.9 Å². The smallest absolute Gasteiger partial charge is 0.250 e. The fourth-order valence-electron chi connectivity index (χ4n) is 6.18. The summed E-state index contributed by atoms with van der Waals surface area (Å²) in [6.45, 7) is 4.60. The lowest BCUT2D eigenvalue weighted by atomic mass is 9.94. The number of hydrogen-bond donors (Lipinski definition) is 2. The van der Waals surface area contributed by atoms with Crippen molar-refractivity contribution in [2.45, 2.75) is 63.8 Å². The molecule has 3 heterocycles. The fourth-order valence-corrected chi connectivity index (χ4v) is 8.59. The van der Waals surface area contributed by atoms with Crippen molar-refractivity contribution in [1.29, 1.82) is 0 Å². The average molecular weight is 593 g/mol. The van der Waals surface area contributed by atoms with Crippen LogP contribution in [0.15, 0.2) is 72.9 Å². The molecular weight excluding hydrogens is 553 g/mol. The Balaban J connectivity index is 1.20. The lowest BCUT2D eigenvalue weighted by Gasteiger charge is -2.34. The largest absolute Gasteiger partial charge is 0.383 e. The Morgan fingerprint density at radius 1 is 1.05 bits per heavy atom. The molecule has 41 heavy (non-hydrogen) atoms. The standard InChI is InChI=1S/C32H40N4O3S2/c1-35(24-7-4-3-5-8-24)20-23(21-38-2)33-22-11-12-28-30(17-22)40-29-10-6-9-26(32(29)41-28)27-18-25(19-31(37)34-27)36-13-15-39-16-14-36/h6,9-12,17-19,23-24,33H,3-5,7-8,13-16,20-21H2,1-2H3,(H,34,37)/t23-/m0/s1. The molecule has 6 rings (SSSR count). The summed E-state index contributed by atoms with van der Waals surface area (Å²) >= 11 is 3.58. The van der Waals surface area contributed by atoms with E-state index in [1.54, 1.807) is 36.7 Å². The Morgan fingerprint density at radius 2 is 1.88 bits per heavy atom. The van der Waals surface area contributed by atoms with Crippen LogP contribution in [0.5, 0.6) is 0 Å². The SMILES string of the molecule is COC[C@H](CN(C)C1CCCCC1)Nc1ccc2c(c1)Sc1cccc(-c3cc(N4CCOCC4)cc(=O)[nH]3)c1S2. The van der Waals surface area contributed by atoms with Gasteiger partial charge in [-0.25, -0.2) is 0 Å². The minimum absolute atomic E-state index is 0.0779. The Bertz CT molecular complexity index is 1400. The van der Waals surface area contributed by atoms with Crippen molar-refractivity contribution in [2.75, 3.05) is 63.8 Å². The minimum Gasteiger partial charge on any atom is -0.383 e. The molecule has 0 unspecified atom stereocenters. The molecule has 1 aromatic heterocycles. The maximum Gasteiger partial charge on any atom is 0.250 e. The van der Waals surface area contributed by atoms with Gasteiger partial charge in [-0.15, -0.1) is 0 Å². The number of likely N-dealkylation sites (N-methyl/N-ethyl adjacent to an activating group) is 1. The quantitative estimate of drug-likeness (QED) is 0.239. The highest BCUT2D eigenvalue weighted by Crippen LogP contribution is 2.52. The van der Waals surface area contributed by atoms with Gasteiger partial charge in [0.2, 0.25) is 5.56 Å². The molecule has 3 aromatic rings. The molecule has 1 saturated carbocycles. The van der Waals surface area contributed by atoms with E-state index in [4.69, 9.17) is 9.47 Å². The molecule has 218 valence electrons. The number of aromatic nitrogens is 1. The van der Waals surface area contributed by atoms with Gasteiger partial charge in [0.25, 0.3) is 0 Å². The van der Waals surface area contributed by atoms with Crippen molar-refractivity contribution in [3.8, 4) is 11.3 Å². The number of hydrogen-bond acceptors (Lipinski definition) is 8. The number of pyridine rings is 1.